The van der Waals surface area contributed by atoms with Gasteiger partial charge in [0.15, 0.2) is 11.6 Å². The topological polar surface area (TPSA) is 29.9 Å². The van der Waals surface area contributed by atoms with Crippen LogP contribution in [0.15, 0.2) is 24.5 Å². The molecule has 2 rings (SSSR count). The van der Waals surface area contributed by atoms with E-state index < -0.39 is 17.5 Å². The number of nitrogens with one attached hydrogen (secondary N) is 1. The fraction of sp³-hybridized carbons (Fsp3) is 0.250. The van der Waals surface area contributed by atoms with E-state index in [0.717, 1.165) is 12.5 Å². The van der Waals surface area contributed by atoms with Crippen molar-refractivity contribution < 1.29 is 13.2 Å². The molecule has 1 N–H and O–H groups in total. The second kappa shape index (κ2) is 5.12. The summed E-state index contributed by atoms with van der Waals surface area (Å²) in [5.74, 6) is -2.81. The number of aromatic nitrogens is 2. The van der Waals surface area contributed by atoms with E-state index in [1.165, 1.54) is 17.0 Å². The van der Waals surface area contributed by atoms with Gasteiger partial charge in [0.05, 0.1) is 5.69 Å². The van der Waals surface area contributed by atoms with E-state index in [1.54, 1.807) is 0 Å². The lowest BCUT2D eigenvalue weighted by Crippen LogP contribution is -2.08. The van der Waals surface area contributed by atoms with Crippen molar-refractivity contribution in [3.05, 3.63) is 42.0 Å². The minimum atomic E-state index is -1.22. The molecule has 0 saturated carbocycles. The van der Waals surface area contributed by atoms with E-state index in [2.05, 4.69) is 10.3 Å². The summed E-state index contributed by atoms with van der Waals surface area (Å²) in [4.78, 5) is 3.97. The van der Waals surface area contributed by atoms with E-state index in [4.69, 9.17) is 0 Å². The van der Waals surface area contributed by atoms with E-state index in [9.17, 15) is 13.2 Å². The van der Waals surface area contributed by atoms with Gasteiger partial charge in [0.1, 0.15) is 5.82 Å². The second-order valence-corrected chi connectivity index (χ2v) is 3.77. The minimum absolute atomic E-state index is 0.205. The third kappa shape index (κ3) is 2.32. The van der Waals surface area contributed by atoms with Crippen molar-refractivity contribution in [2.75, 3.05) is 11.9 Å². The monoisotopic (exact) mass is 255 g/mol. The smallest absolute Gasteiger partial charge is 0.207 e. The van der Waals surface area contributed by atoms with Crippen LogP contribution in [0.1, 0.15) is 13.3 Å². The Morgan fingerprint density at radius 2 is 2.06 bits per heavy atom. The van der Waals surface area contributed by atoms with Crippen molar-refractivity contribution in [3.63, 3.8) is 0 Å². The zero-order valence-corrected chi connectivity index (χ0v) is 9.75. The number of imidazole rings is 1. The largest absolute Gasteiger partial charge is 0.355 e. The standard InChI is InChI=1S/C12H12F3N3/c1-2-3-16-12-17-4-5-18(12)10-7-8(13)6-9(14)11(10)15/h4-7H,2-3H2,1H3,(H,16,17). The van der Waals surface area contributed by atoms with Crippen molar-refractivity contribution in [3.8, 4) is 5.69 Å². The summed E-state index contributed by atoms with van der Waals surface area (Å²) in [7, 11) is 0. The first-order chi connectivity index (χ1) is 8.63. The van der Waals surface area contributed by atoms with Gasteiger partial charge in [-0.3, -0.25) is 4.57 Å². The Morgan fingerprint density at radius 3 is 2.78 bits per heavy atom. The summed E-state index contributed by atoms with van der Waals surface area (Å²) in [6, 6.07) is 1.44. The second-order valence-electron chi connectivity index (χ2n) is 3.77. The van der Waals surface area contributed by atoms with Gasteiger partial charge in [0.2, 0.25) is 5.95 Å². The Hall–Kier alpha value is -1.98. The van der Waals surface area contributed by atoms with E-state index in [0.29, 0.717) is 18.6 Å². The molecular weight excluding hydrogens is 243 g/mol. The lowest BCUT2D eigenvalue weighted by molar-refractivity contribution is 0.491. The molecule has 0 radical (unpaired) electrons. The molecule has 0 spiro atoms. The van der Waals surface area contributed by atoms with Gasteiger partial charge in [0, 0.05) is 31.1 Å². The molecular formula is C12H12F3N3. The Labute approximate surface area is 102 Å². The van der Waals surface area contributed by atoms with Gasteiger partial charge in [0.25, 0.3) is 0 Å². The summed E-state index contributed by atoms with van der Waals surface area (Å²) in [5, 5.41) is 2.95. The normalized spacial score (nSPS) is 10.7. The number of halogens is 3. The van der Waals surface area contributed by atoms with Crippen LogP contribution in [0.5, 0.6) is 0 Å². The predicted molar refractivity (Wildman–Crippen MR) is 62.2 cm³/mol. The molecule has 0 amide bonds. The van der Waals surface area contributed by atoms with Crippen LogP contribution in [-0.2, 0) is 0 Å². The average molecular weight is 255 g/mol. The zero-order chi connectivity index (χ0) is 13.1. The predicted octanol–water partition coefficient (Wildman–Crippen LogP) is 3.11. The maximum Gasteiger partial charge on any atom is 0.207 e. The molecule has 0 aliphatic rings. The molecule has 0 bridgehead atoms. The highest BCUT2D eigenvalue weighted by atomic mass is 19.2. The summed E-state index contributed by atoms with van der Waals surface area (Å²) in [6.45, 7) is 2.60. The highest BCUT2D eigenvalue weighted by Gasteiger charge is 2.15. The molecule has 96 valence electrons. The van der Waals surface area contributed by atoms with Gasteiger partial charge in [-0.25, -0.2) is 18.2 Å². The summed E-state index contributed by atoms with van der Waals surface area (Å²) >= 11 is 0. The third-order valence-electron chi connectivity index (χ3n) is 2.41. The third-order valence-corrected chi connectivity index (χ3v) is 2.41. The molecule has 18 heavy (non-hydrogen) atoms. The number of rotatable bonds is 4. The Kier molecular flexibility index (Phi) is 3.55. The van der Waals surface area contributed by atoms with Crippen molar-refractivity contribution in [1.29, 1.82) is 0 Å². The number of nitrogens with zero attached hydrogens (tertiary/aromatic N) is 2. The highest BCUT2D eigenvalue weighted by Crippen LogP contribution is 2.21. The SMILES string of the molecule is CCCNc1nccn1-c1cc(F)cc(F)c1F. The van der Waals surface area contributed by atoms with Crippen LogP contribution in [0, 0.1) is 17.5 Å². The fourth-order valence-electron chi connectivity index (χ4n) is 1.58. The fourth-order valence-corrected chi connectivity index (χ4v) is 1.58. The molecule has 0 atom stereocenters. The lowest BCUT2D eigenvalue weighted by atomic mass is 10.3. The van der Waals surface area contributed by atoms with Crippen molar-refractivity contribution >= 4 is 5.95 Å². The highest BCUT2D eigenvalue weighted by molar-refractivity contribution is 5.43. The van der Waals surface area contributed by atoms with E-state index in [1.807, 2.05) is 6.92 Å². The van der Waals surface area contributed by atoms with Gasteiger partial charge in [-0.1, -0.05) is 6.92 Å². The lowest BCUT2D eigenvalue weighted by Gasteiger charge is -2.10. The number of hydrogen-bond acceptors (Lipinski definition) is 2. The van der Waals surface area contributed by atoms with Crippen LogP contribution in [0.2, 0.25) is 0 Å². The summed E-state index contributed by atoms with van der Waals surface area (Å²) in [5.41, 5.74) is -0.205. The van der Waals surface area contributed by atoms with Crippen LogP contribution in [0.4, 0.5) is 19.1 Å². The van der Waals surface area contributed by atoms with Gasteiger partial charge >= 0.3 is 0 Å². The minimum Gasteiger partial charge on any atom is -0.355 e. The van der Waals surface area contributed by atoms with Crippen molar-refractivity contribution in [2.24, 2.45) is 0 Å². The number of hydrogen-bond donors (Lipinski definition) is 1. The molecule has 1 heterocycles. The first-order valence-corrected chi connectivity index (χ1v) is 5.55. The first kappa shape index (κ1) is 12.5. The molecule has 0 saturated heterocycles. The van der Waals surface area contributed by atoms with Gasteiger partial charge in [-0.2, -0.15) is 0 Å². The molecule has 6 heteroatoms. The summed E-state index contributed by atoms with van der Waals surface area (Å²) < 4.78 is 41.2. The quantitative estimate of drug-likeness (QED) is 0.851. The number of benzene rings is 1. The van der Waals surface area contributed by atoms with Crippen molar-refractivity contribution in [1.82, 2.24) is 9.55 Å². The molecule has 0 unspecified atom stereocenters. The maximum absolute atomic E-state index is 13.6. The molecule has 1 aromatic heterocycles. The first-order valence-electron chi connectivity index (χ1n) is 5.55. The molecule has 1 aromatic carbocycles. The van der Waals surface area contributed by atoms with Crippen LogP contribution in [-0.4, -0.2) is 16.1 Å². The van der Waals surface area contributed by atoms with Crippen LogP contribution < -0.4 is 5.32 Å². The zero-order valence-electron chi connectivity index (χ0n) is 9.75. The molecule has 0 fully saturated rings. The van der Waals surface area contributed by atoms with Gasteiger partial charge in [-0.05, 0) is 6.42 Å². The molecule has 2 aromatic rings. The van der Waals surface area contributed by atoms with E-state index in [-0.39, 0.29) is 5.69 Å². The summed E-state index contributed by atoms with van der Waals surface area (Å²) in [6.07, 6.45) is 3.72. The average Bonchev–Trinajstić information content (AvgIpc) is 2.79. The Bertz CT molecular complexity index is 551. The molecule has 3 nitrogen and oxygen atoms in total. The van der Waals surface area contributed by atoms with Gasteiger partial charge < -0.3 is 5.32 Å². The maximum atomic E-state index is 13.6. The van der Waals surface area contributed by atoms with Crippen LogP contribution in [0.25, 0.3) is 5.69 Å². The van der Waals surface area contributed by atoms with Gasteiger partial charge in [-0.15, -0.1) is 0 Å². The van der Waals surface area contributed by atoms with E-state index >= 15 is 0 Å². The van der Waals surface area contributed by atoms with Crippen LogP contribution in [0.3, 0.4) is 0 Å². The number of anilines is 1. The molecule has 0 aliphatic carbocycles. The van der Waals surface area contributed by atoms with Crippen molar-refractivity contribution in [2.45, 2.75) is 13.3 Å². The Morgan fingerprint density at radius 1 is 1.28 bits per heavy atom. The van der Waals surface area contributed by atoms with Crippen LogP contribution >= 0.6 is 0 Å². The molecule has 0 aliphatic heterocycles. The Balaban J connectivity index is 2.45.